The summed E-state index contributed by atoms with van der Waals surface area (Å²) in [5, 5.41) is 0. The van der Waals surface area contributed by atoms with Gasteiger partial charge in [0.1, 0.15) is 17.5 Å². The standard InChI is InChI=1S/C29H29BrN2O8S/c1-7-38-22-12-17(11-20(30)26(22)40-16(4)33)13-23-27(34)32-25(19-14-18(36-5)9-10-21(19)37-6)24(28(35)39-8-2)15(3)31-29(32)41-23/h9-14,25H,7-8H2,1-6H3/b23-13-/t25-/m0/s1. The van der Waals surface area contributed by atoms with Crippen LogP contribution in [0.5, 0.6) is 23.0 Å². The van der Waals surface area contributed by atoms with Crippen LogP contribution in [0.3, 0.4) is 0 Å². The van der Waals surface area contributed by atoms with E-state index in [9.17, 15) is 14.4 Å². The number of allylic oxidation sites excluding steroid dienone is 1. The zero-order valence-corrected chi connectivity index (χ0v) is 25.8. The molecule has 2 aromatic carbocycles. The van der Waals surface area contributed by atoms with Crippen LogP contribution in [0.15, 0.2) is 55.9 Å². The highest BCUT2D eigenvalue weighted by atomic mass is 79.9. The average Bonchev–Trinajstić information content (AvgIpc) is 3.23. The highest BCUT2D eigenvalue weighted by molar-refractivity contribution is 9.10. The Hall–Kier alpha value is -3.90. The molecule has 1 aromatic heterocycles. The SMILES string of the molecule is CCOC(=O)C1=C(C)N=c2s/c(=C\c3cc(Br)c(OC(C)=O)c(OCC)c3)c(=O)n2[C@H]1c1cc(OC)ccc1OC. The van der Waals surface area contributed by atoms with Crippen LogP contribution in [0.2, 0.25) is 0 Å². The number of hydrogen-bond donors (Lipinski definition) is 0. The molecule has 41 heavy (non-hydrogen) atoms. The van der Waals surface area contributed by atoms with Gasteiger partial charge in [0.05, 0.1) is 47.7 Å². The fourth-order valence-corrected chi connectivity index (χ4v) is 6.05. The third kappa shape index (κ3) is 6.08. The van der Waals surface area contributed by atoms with Crippen LogP contribution in [0.4, 0.5) is 0 Å². The van der Waals surface area contributed by atoms with Gasteiger partial charge >= 0.3 is 11.9 Å². The molecule has 0 N–H and O–H groups in total. The van der Waals surface area contributed by atoms with Crippen molar-refractivity contribution in [2.45, 2.75) is 33.7 Å². The normalized spacial score (nSPS) is 14.7. The summed E-state index contributed by atoms with van der Waals surface area (Å²) in [6.45, 7) is 7.03. The van der Waals surface area contributed by atoms with Crippen molar-refractivity contribution < 1.29 is 33.3 Å². The first kappa shape index (κ1) is 30.1. The highest BCUT2D eigenvalue weighted by Crippen LogP contribution is 2.39. The number of fused-ring (bicyclic) bond motifs is 1. The Morgan fingerprint density at radius 1 is 1.10 bits per heavy atom. The molecule has 216 valence electrons. The number of halogens is 1. The van der Waals surface area contributed by atoms with E-state index >= 15 is 0 Å². The van der Waals surface area contributed by atoms with Crippen LogP contribution in [0.1, 0.15) is 44.9 Å². The third-order valence-corrected chi connectivity index (χ3v) is 7.70. The molecule has 2 heterocycles. The second kappa shape index (κ2) is 12.7. The quantitative estimate of drug-likeness (QED) is 0.254. The maximum absolute atomic E-state index is 14.0. The van der Waals surface area contributed by atoms with E-state index in [1.165, 1.54) is 37.0 Å². The summed E-state index contributed by atoms with van der Waals surface area (Å²) in [4.78, 5) is 43.9. The fourth-order valence-electron chi connectivity index (χ4n) is 4.47. The number of carbonyl (C=O) groups is 2. The van der Waals surface area contributed by atoms with Crippen molar-refractivity contribution >= 4 is 45.3 Å². The minimum atomic E-state index is -0.880. The van der Waals surface area contributed by atoms with Crippen LogP contribution in [-0.2, 0) is 14.3 Å². The van der Waals surface area contributed by atoms with Crippen LogP contribution < -0.4 is 33.8 Å². The number of aromatic nitrogens is 1. The van der Waals surface area contributed by atoms with Crippen molar-refractivity contribution in [3.63, 3.8) is 0 Å². The van der Waals surface area contributed by atoms with Crippen molar-refractivity contribution in [3.8, 4) is 23.0 Å². The molecule has 0 radical (unpaired) electrons. The van der Waals surface area contributed by atoms with Gasteiger partial charge in [0.2, 0.25) is 0 Å². The molecule has 0 aliphatic carbocycles. The number of methoxy groups -OCH3 is 2. The van der Waals surface area contributed by atoms with Crippen LogP contribution in [0, 0.1) is 0 Å². The first-order valence-electron chi connectivity index (χ1n) is 12.7. The number of ether oxygens (including phenoxy) is 5. The van der Waals surface area contributed by atoms with E-state index in [2.05, 4.69) is 20.9 Å². The van der Waals surface area contributed by atoms with Gasteiger partial charge in [-0.1, -0.05) is 11.3 Å². The van der Waals surface area contributed by atoms with Gasteiger partial charge in [-0.25, -0.2) is 9.79 Å². The number of nitrogens with zero attached hydrogens (tertiary/aromatic N) is 2. The Balaban J connectivity index is 1.97. The molecule has 0 saturated carbocycles. The van der Waals surface area contributed by atoms with Gasteiger partial charge in [0, 0.05) is 12.5 Å². The van der Waals surface area contributed by atoms with Gasteiger partial charge in [-0.05, 0) is 78.7 Å². The molecule has 1 aliphatic rings. The van der Waals surface area contributed by atoms with Crippen molar-refractivity contribution in [2.24, 2.45) is 4.99 Å². The average molecular weight is 646 g/mol. The molecule has 0 bridgehead atoms. The molecule has 0 spiro atoms. The van der Waals surface area contributed by atoms with E-state index in [1.807, 2.05) is 6.92 Å². The summed E-state index contributed by atoms with van der Waals surface area (Å²) in [5.41, 5.74) is 1.46. The van der Waals surface area contributed by atoms with Crippen molar-refractivity contribution in [2.75, 3.05) is 27.4 Å². The van der Waals surface area contributed by atoms with Gasteiger partial charge in [-0.3, -0.25) is 14.2 Å². The lowest BCUT2D eigenvalue weighted by Gasteiger charge is -2.26. The lowest BCUT2D eigenvalue weighted by atomic mass is 9.94. The lowest BCUT2D eigenvalue weighted by Crippen LogP contribution is -2.40. The van der Waals surface area contributed by atoms with E-state index in [-0.39, 0.29) is 23.5 Å². The zero-order chi connectivity index (χ0) is 29.8. The summed E-state index contributed by atoms with van der Waals surface area (Å²) >= 11 is 4.62. The van der Waals surface area contributed by atoms with Crippen molar-refractivity contribution in [1.29, 1.82) is 0 Å². The van der Waals surface area contributed by atoms with Crippen LogP contribution in [0.25, 0.3) is 6.08 Å². The second-order valence-electron chi connectivity index (χ2n) is 8.77. The van der Waals surface area contributed by atoms with Gasteiger partial charge < -0.3 is 23.7 Å². The predicted octanol–water partition coefficient (Wildman–Crippen LogP) is 3.90. The predicted molar refractivity (Wildman–Crippen MR) is 157 cm³/mol. The molecular formula is C29H29BrN2O8S. The number of carbonyl (C=O) groups excluding carboxylic acids is 2. The van der Waals surface area contributed by atoms with E-state index in [0.29, 0.717) is 54.5 Å². The van der Waals surface area contributed by atoms with Gasteiger partial charge in [-0.15, -0.1) is 0 Å². The smallest absolute Gasteiger partial charge is 0.338 e. The minimum absolute atomic E-state index is 0.155. The second-order valence-corrected chi connectivity index (χ2v) is 10.6. The third-order valence-electron chi connectivity index (χ3n) is 6.12. The Morgan fingerprint density at radius 2 is 1.85 bits per heavy atom. The first-order chi connectivity index (χ1) is 19.6. The number of thiazole rings is 1. The molecule has 1 aliphatic heterocycles. The molecule has 0 saturated heterocycles. The van der Waals surface area contributed by atoms with Crippen molar-refractivity contribution in [1.82, 2.24) is 4.57 Å². The van der Waals surface area contributed by atoms with Gasteiger partial charge in [0.15, 0.2) is 16.3 Å². The Kier molecular flexibility index (Phi) is 9.34. The van der Waals surface area contributed by atoms with Crippen molar-refractivity contribution in [3.05, 3.63) is 76.9 Å². The summed E-state index contributed by atoms with van der Waals surface area (Å²) in [6, 6.07) is 7.71. The van der Waals surface area contributed by atoms with Gasteiger partial charge in [-0.2, -0.15) is 0 Å². The maximum atomic E-state index is 14.0. The molecule has 0 amide bonds. The zero-order valence-electron chi connectivity index (χ0n) is 23.4. The lowest BCUT2D eigenvalue weighted by molar-refractivity contribution is -0.139. The molecular weight excluding hydrogens is 616 g/mol. The number of hydrogen-bond acceptors (Lipinski definition) is 10. The number of rotatable bonds is 9. The molecule has 0 fully saturated rings. The van der Waals surface area contributed by atoms with E-state index in [0.717, 1.165) is 0 Å². The molecule has 4 rings (SSSR count). The largest absolute Gasteiger partial charge is 0.497 e. The van der Waals surface area contributed by atoms with Crippen LogP contribution >= 0.6 is 27.3 Å². The number of esters is 2. The molecule has 3 aromatic rings. The monoisotopic (exact) mass is 644 g/mol. The molecule has 1 atom stereocenters. The Bertz CT molecular complexity index is 1720. The topological polar surface area (TPSA) is 115 Å². The maximum Gasteiger partial charge on any atom is 0.338 e. The highest BCUT2D eigenvalue weighted by Gasteiger charge is 2.35. The molecule has 12 heteroatoms. The van der Waals surface area contributed by atoms with E-state index in [4.69, 9.17) is 23.7 Å². The summed E-state index contributed by atoms with van der Waals surface area (Å²) < 4.78 is 29.8. The molecule has 0 unspecified atom stereocenters. The number of benzene rings is 2. The summed E-state index contributed by atoms with van der Waals surface area (Å²) in [5.74, 6) is 0.515. The first-order valence-corrected chi connectivity index (χ1v) is 14.3. The summed E-state index contributed by atoms with van der Waals surface area (Å²) in [7, 11) is 3.05. The Labute approximate surface area is 248 Å². The van der Waals surface area contributed by atoms with E-state index in [1.54, 1.807) is 50.3 Å². The van der Waals surface area contributed by atoms with E-state index < -0.39 is 18.0 Å². The fraction of sp³-hybridized carbons (Fsp3) is 0.310. The summed E-state index contributed by atoms with van der Waals surface area (Å²) in [6.07, 6.45) is 1.69. The minimum Gasteiger partial charge on any atom is -0.497 e. The van der Waals surface area contributed by atoms with Gasteiger partial charge in [0.25, 0.3) is 5.56 Å². The Morgan fingerprint density at radius 3 is 2.49 bits per heavy atom. The molecule has 10 nitrogen and oxygen atoms in total. The van der Waals surface area contributed by atoms with Crippen LogP contribution in [-0.4, -0.2) is 43.9 Å².